The Bertz CT molecular complexity index is 264. The van der Waals surface area contributed by atoms with Gasteiger partial charge in [-0.2, -0.15) is 0 Å². The summed E-state index contributed by atoms with van der Waals surface area (Å²) in [5.74, 6) is 2.14. The Morgan fingerprint density at radius 1 is 1.27 bits per heavy atom. The Morgan fingerprint density at radius 3 is 2.47 bits per heavy atom. The van der Waals surface area contributed by atoms with Crippen molar-refractivity contribution in [2.24, 2.45) is 10.7 Å². The lowest BCUT2D eigenvalue weighted by atomic mass is 10.3. The fourth-order valence-corrected chi connectivity index (χ4v) is 3.22. The summed E-state index contributed by atoms with van der Waals surface area (Å²) in [7, 11) is -0.634. The molecule has 2 rings (SSSR count). The lowest BCUT2D eigenvalue weighted by Gasteiger charge is -2.27. The molecule has 86 valence electrons. The summed E-state index contributed by atoms with van der Waals surface area (Å²) in [5.41, 5.74) is 5.95. The molecule has 2 N–H and O–H groups in total. The summed E-state index contributed by atoms with van der Waals surface area (Å²) in [5, 5.41) is 0. The molecule has 1 heterocycles. The van der Waals surface area contributed by atoms with E-state index in [9.17, 15) is 4.21 Å². The van der Waals surface area contributed by atoms with Gasteiger partial charge in [-0.1, -0.05) is 12.8 Å². The maximum absolute atomic E-state index is 11.2. The van der Waals surface area contributed by atoms with E-state index in [1.165, 1.54) is 25.7 Å². The van der Waals surface area contributed by atoms with E-state index in [0.29, 0.717) is 12.0 Å². The van der Waals surface area contributed by atoms with Crippen LogP contribution in [0.25, 0.3) is 0 Å². The lowest BCUT2D eigenvalue weighted by molar-refractivity contribution is 0.445. The van der Waals surface area contributed by atoms with Gasteiger partial charge in [0.2, 0.25) is 0 Å². The number of nitrogens with two attached hydrogens (primary N) is 1. The maximum atomic E-state index is 11.2. The van der Waals surface area contributed by atoms with Crippen molar-refractivity contribution in [2.75, 3.05) is 24.6 Å². The molecule has 0 unspecified atom stereocenters. The summed E-state index contributed by atoms with van der Waals surface area (Å²) >= 11 is 0. The van der Waals surface area contributed by atoms with Gasteiger partial charge in [0.15, 0.2) is 5.96 Å². The molecule has 1 aliphatic heterocycles. The quantitative estimate of drug-likeness (QED) is 0.520. The van der Waals surface area contributed by atoms with Gasteiger partial charge in [-0.15, -0.1) is 0 Å². The molecule has 1 aliphatic carbocycles. The van der Waals surface area contributed by atoms with Crippen LogP contribution in [0.15, 0.2) is 4.99 Å². The van der Waals surface area contributed by atoms with E-state index in [1.54, 1.807) is 0 Å². The van der Waals surface area contributed by atoms with E-state index < -0.39 is 10.8 Å². The second kappa shape index (κ2) is 4.96. The fourth-order valence-electron chi connectivity index (χ4n) is 2.17. The smallest absolute Gasteiger partial charge is 0.191 e. The minimum Gasteiger partial charge on any atom is -0.370 e. The van der Waals surface area contributed by atoms with E-state index in [2.05, 4.69) is 9.89 Å². The number of hydrogen-bond acceptors (Lipinski definition) is 2. The molecule has 0 aromatic rings. The van der Waals surface area contributed by atoms with Crippen LogP contribution in [0, 0.1) is 0 Å². The molecule has 0 atom stereocenters. The predicted molar refractivity (Wildman–Crippen MR) is 63.3 cm³/mol. The van der Waals surface area contributed by atoms with Crippen molar-refractivity contribution in [1.82, 2.24) is 4.90 Å². The van der Waals surface area contributed by atoms with Crippen LogP contribution in [0.2, 0.25) is 0 Å². The van der Waals surface area contributed by atoms with Gasteiger partial charge < -0.3 is 10.6 Å². The molecule has 0 aromatic carbocycles. The first-order chi connectivity index (χ1) is 7.25. The first-order valence-corrected chi connectivity index (χ1v) is 7.18. The second-order valence-electron chi connectivity index (χ2n) is 4.26. The monoisotopic (exact) mass is 229 g/mol. The number of aliphatic imine (C=N–C) groups is 1. The van der Waals surface area contributed by atoms with Crippen molar-refractivity contribution in [3.05, 3.63) is 0 Å². The summed E-state index contributed by atoms with van der Waals surface area (Å²) in [6, 6.07) is 0.442. The van der Waals surface area contributed by atoms with Crippen LogP contribution in [-0.4, -0.2) is 45.7 Å². The molecule has 0 amide bonds. The van der Waals surface area contributed by atoms with Gasteiger partial charge in [-0.25, -0.2) is 4.99 Å². The van der Waals surface area contributed by atoms with Crippen molar-refractivity contribution >= 4 is 16.8 Å². The van der Waals surface area contributed by atoms with Gasteiger partial charge in [0, 0.05) is 35.4 Å². The van der Waals surface area contributed by atoms with E-state index in [1.807, 2.05) is 0 Å². The lowest BCUT2D eigenvalue weighted by Crippen LogP contribution is -2.46. The molecule has 15 heavy (non-hydrogen) atoms. The molecule has 2 fully saturated rings. The van der Waals surface area contributed by atoms with Crippen molar-refractivity contribution in [3.8, 4) is 0 Å². The van der Waals surface area contributed by atoms with Crippen LogP contribution in [0.1, 0.15) is 25.7 Å². The molecule has 0 bridgehead atoms. The first kappa shape index (κ1) is 10.9. The molecular formula is C10H19N3OS. The molecule has 2 aliphatic rings. The number of rotatable bonds is 1. The predicted octanol–water partition coefficient (Wildman–Crippen LogP) is 0.308. The van der Waals surface area contributed by atoms with Crippen molar-refractivity contribution in [1.29, 1.82) is 0 Å². The van der Waals surface area contributed by atoms with E-state index in [-0.39, 0.29) is 0 Å². The third-order valence-corrected chi connectivity index (χ3v) is 4.42. The summed E-state index contributed by atoms with van der Waals surface area (Å²) in [6.07, 6.45) is 4.93. The standard InChI is InChI=1S/C10H19N3OS/c11-10(12-9-3-1-2-4-9)13-5-7-15(14)8-6-13/h9H,1-8H2,(H2,11,12). The fraction of sp³-hybridized carbons (Fsp3) is 0.900. The van der Waals surface area contributed by atoms with Gasteiger partial charge in [0.25, 0.3) is 0 Å². The highest BCUT2D eigenvalue weighted by atomic mass is 32.2. The van der Waals surface area contributed by atoms with Crippen LogP contribution in [0.5, 0.6) is 0 Å². The Kier molecular flexibility index (Phi) is 3.61. The zero-order chi connectivity index (χ0) is 10.7. The van der Waals surface area contributed by atoms with E-state index in [4.69, 9.17) is 5.73 Å². The third kappa shape index (κ3) is 2.93. The van der Waals surface area contributed by atoms with Crippen LogP contribution in [0.3, 0.4) is 0 Å². The molecular weight excluding hydrogens is 210 g/mol. The molecule has 0 aromatic heterocycles. The summed E-state index contributed by atoms with van der Waals surface area (Å²) in [4.78, 5) is 6.62. The Balaban J connectivity index is 1.88. The Hall–Kier alpha value is -0.580. The number of hydrogen-bond donors (Lipinski definition) is 1. The average Bonchev–Trinajstić information content (AvgIpc) is 2.71. The van der Waals surface area contributed by atoms with Crippen LogP contribution in [-0.2, 0) is 10.8 Å². The molecule has 0 spiro atoms. The summed E-state index contributed by atoms with van der Waals surface area (Å²) in [6.45, 7) is 1.60. The van der Waals surface area contributed by atoms with Gasteiger partial charge in [0.1, 0.15) is 0 Å². The van der Waals surface area contributed by atoms with Gasteiger partial charge >= 0.3 is 0 Å². The normalized spacial score (nSPS) is 26.1. The average molecular weight is 229 g/mol. The number of guanidine groups is 1. The highest BCUT2D eigenvalue weighted by Gasteiger charge is 2.19. The maximum Gasteiger partial charge on any atom is 0.191 e. The highest BCUT2D eigenvalue weighted by molar-refractivity contribution is 7.85. The summed E-state index contributed by atoms with van der Waals surface area (Å²) < 4.78 is 11.2. The zero-order valence-electron chi connectivity index (χ0n) is 9.02. The topological polar surface area (TPSA) is 58.7 Å². The second-order valence-corrected chi connectivity index (χ2v) is 5.96. The van der Waals surface area contributed by atoms with Gasteiger partial charge in [-0.3, -0.25) is 4.21 Å². The molecule has 4 nitrogen and oxygen atoms in total. The SMILES string of the molecule is NC(=NC1CCCC1)N1CCS(=O)CC1. The molecule has 5 heteroatoms. The van der Waals surface area contributed by atoms with Gasteiger partial charge in [-0.05, 0) is 12.8 Å². The zero-order valence-corrected chi connectivity index (χ0v) is 9.84. The number of nitrogens with zero attached hydrogens (tertiary/aromatic N) is 2. The van der Waals surface area contributed by atoms with Crippen molar-refractivity contribution in [2.45, 2.75) is 31.7 Å². The van der Waals surface area contributed by atoms with Crippen LogP contribution < -0.4 is 5.73 Å². The van der Waals surface area contributed by atoms with Gasteiger partial charge in [0.05, 0.1) is 6.04 Å². The third-order valence-electron chi connectivity index (χ3n) is 3.14. The molecule has 1 saturated carbocycles. The minimum absolute atomic E-state index is 0.442. The first-order valence-electron chi connectivity index (χ1n) is 5.69. The van der Waals surface area contributed by atoms with Crippen molar-refractivity contribution < 1.29 is 4.21 Å². The largest absolute Gasteiger partial charge is 0.370 e. The van der Waals surface area contributed by atoms with E-state index >= 15 is 0 Å². The minimum atomic E-state index is -0.634. The molecule has 1 saturated heterocycles. The molecule has 0 radical (unpaired) electrons. The van der Waals surface area contributed by atoms with Crippen LogP contribution in [0.4, 0.5) is 0 Å². The Morgan fingerprint density at radius 2 is 1.87 bits per heavy atom. The van der Waals surface area contributed by atoms with E-state index in [0.717, 1.165) is 24.6 Å². The Labute approximate surface area is 93.4 Å². The van der Waals surface area contributed by atoms with Crippen molar-refractivity contribution in [3.63, 3.8) is 0 Å². The highest BCUT2D eigenvalue weighted by Crippen LogP contribution is 2.21. The van der Waals surface area contributed by atoms with Crippen LogP contribution >= 0.6 is 0 Å².